The summed E-state index contributed by atoms with van der Waals surface area (Å²) in [6, 6.07) is 3.37. The summed E-state index contributed by atoms with van der Waals surface area (Å²) in [7, 11) is 0. The highest BCUT2D eigenvalue weighted by atomic mass is 16.4. The first-order valence-electron chi connectivity index (χ1n) is 4.22. The van der Waals surface area contributed by atoms with Gasteiger partial charge in [-0.2, -0.15) is 0 Å². The highest BCUT2D eigenvalue weighted by molar-refractivity contribution is 5.96. The molecule has 0 saturated heterocycles. The number of hydrogen-bond acceptors (Lipinski definition) is 3. The number of rotatable bonds is 3. The first-order chi connectivity index (χ1) is 7.09. The van der Waals surface area contributed by atoms with E-state index in [-0.39, 0.29) is 5.70 Å². The zero-order chi connectivity index (χ0) is 11.3. The highest BCUT2D eigenvalue weighted by Gasteiger charge is 2.08. The lowest BCUT2D eigenvalue weighted by Gasteiger charge is -2.02. The lowest BCUT2D eigenvalue weighted by molar-refractivity contribution is -0.134. The number of aliphatic carboxylic acids is 1. The summed E-state index contributed by atoms with van der Waals surface area (Å²) in [5, 5.41) is 11.0. The lowest BCUT2D eigenvalue weighted by atomic mass is 10.2. The third-order valence-electron chi connectivity index (χ3n) is 1.54. The van der Waals surface area contributed by atoms with Gasteiger partial charge in [0.15, 0.2) is 0 Å². The molecule has 2 N–H and O–H groups in total. The normalized spacial score (nSPS) is 10.9. The molecule has 0 aliphatic heterocycles. The van der Waals surface area contributed by atoms with Crippen molar-refractivity contribution >= 4 is 18.0 Å². The van der Waals surface area contributed by atoms with Crippen LogP contribution >= 0.6 is 0 Å². The molecule has 0 bridgehead atoms. The smallest absolute Gasteiger partial charge is 0.352 e. The van der Waals surface area contributed by atoms with Gasteiger partial charge < -0.3 is 10.4 Å². The Hall–Kier alpha value is -2.17. The summed E-state index contributed by atoms with van der Waals surface area (Å²) in [6.45, 7) is 1.25. The van der Waals surface area contributed by atoms with E-state index in [1.165, 1.54) is 19.2 Å². The van der Waals surface area contributed by atoms with Crippen molar-refractivity contribution in [2.45, 2.75) is 6.92 Å². The Morgan fingerprint density at radius 3 is 2.73 bits per heavy atom. The topological polar surface area (TPSA) is 79.3 Å². The maximum atomic E-state index is 10.7. The van der Waals surface area contributed by atoms with Gasteiger partial charge in [-0.3, -0.25) is 9.78 Å². The first-order valence-corrected chi connectivity index (χ1v) is 4.22. The molecule has 1 aromatic rings. The van der Waals surface area contributed by atoms with Crippen molar-refractivity contribution in [2.24, 2.45) is 0 Å². The van der Waals surface area contributed by atoms with E-state index < -0.39 is 11.9 Å². The fourth-order valence-electron chi connectivity index (χ4n) is 0.969. The fraction of sp³-hybridized carbons (Fsp3) is 0.100. The molecule has 0 radical (unpaired) electrons. The number of amides is 1. The van der Waals surface area contributed by atoms with Crippen molar-refractivity contribution in [1.82, 2.24) is 10.3 Å². The van der Waals surface area contributed by atoms with E-state index in [2.05, 4.69) is 10.3 Å². The number of pyridine rings is 1. The largest absolute Gasteiger partial charge is 0.477 e. The zero-order valence-electron chi connectivity index (χ0n) is 8.10. The molecule has 0 spiro atoms. The predicted molar refractivity (Wildman–Crippen MR) is 53.7 cm³/mol. The quantitative estimate of drug-likeness (QED) is 0.711. The molecule has 1 amide bonds. The summed E-state index contributed by atoms with van der Waals surface area (Å²) in [4.78, 5) is 25.3. The monoisotopic (exact) mass is 206 g/mol. The van der Waals surface area contributed by atoms with Gasteiger partial charge in [0.1, 0.15) is 5.70 Å². The summed E-state index contributed by atoms with van der Waals surface area (Å²) in [5.41, 5.74) is 0.444. The third kappa shape index (κ3) is 3.60. The summed E-state index contributed by atoms with van der Waals surface area (Å²) < 4.78 is 0. The summed E-state index contributed by atoms with van der Waals surface area (Å²) in [6.07, 6.45) is 4.43. The number of carbonyl (C=O) groups is 2. The van der Waals surface area contributed by atoms with Crippen LogP contribution in [0.4, 0.5) is 0 Å². The Morgan fingerprint density at radius 1 is 1.53 bits per heavy atom. The van der Waals surface area contributed by atoms with Gasteiger partial charge in [0, 0.05) is 19.3 Å². The molecule has 0 unspecified atom stereocenters. The molecule has 0 aliphatic rings. The van der Waals surface area contributed by atoms with Crippen LogP contribution in [0.5, 0.6) is 0 Å². The van der Waals surface area contributed by atoms with E-state index >= 15 is 0 Å². The third-order valence-corrected chi connectivity index (χ3v) is 1.54. The molecule has 78 valence electrons. The minimum absolute atomic E-state index is 0.171. The van der Waals surface area contributed by atoms with Crippen LogP contribution in [-0.2, 0) is 9.59 Å². The second kappa shape index (κ2) is 4.90. The fourth-order valence-corrected chi connectivity index (χ4v) is 0.969. The maximum Gasteiger partial charge on any atom is 0.352 e. The van der Waals surface area contributed by atoms with Crippen LogP contribution in [0.1, 0.15) is 12.5 Å². The van der Waals surface area contributed by atoms with E-state index in [4.69, 9.17) is 5.11 Å². The number of carboxylic acid groups (broad SMARTS) is 1. The standard InChI is InChI=1S/C10H10N2O3/c1-7(13)12-9(10(14)15)5-8-3-2-4-11-6-8/h2-6H,1H3,(H,12,13)(H,14,15)/b9-5-. The SMILES string of the molecule is CC(=O)N/C(=C\c1cccnc1)C(=O)O. The van der Waals surface area contributed by atoms with Crippen molar-refractivity contribution in [3.8, 4) is 0 Å². The second-order valence-corrected chi connectivity index (χ2v) is 2.83. The van der Waals surface area contributed by atoms with Crippen LogP contribution in [0.25, 0.3) is 6.08 Å². The van der Waals surface area contributed by atoms with Crippen LogP contribution in [0.3, 0.4) is 0 Å². The number of carboxylic acids is 1. The molecule has 15 heavy (non-hydrogen) atoms. The van der Waals surface area contributed by atoms with Crippen molar-refractivity contribution < 1.29 is 14.7 Å². The van der Waals surface area contributed by atoms with Crippen LogP contribution in [0, 0.1) is 0 Å². The molecular weight excluding hydrogens is 196 g/mol. The van der Waals surface area contributed by atoms with Gasteiger partial charge in [-0.1, -0.05) is 6.07 Å². The van der Waals surface area contributed by atoms with E-state index in [1.807, 2.05) is 0 Å². The molecule has 0 aliphatic carbocycles. The molecule has 5 nitrogen and oxygen atoms in total. The van der Waals surface area contributed by atoms with Gasteiger partial charge >= 0.3 is 5.97 Å². The van der Waals surface area contributed by atoms with E-state index in [0.29, 0.717) is 5.56 Å². The van der Waals surface area contributed by atoms with E-state index in [9.17, 15) is 9.59 Å². The number of hydrogen-bond donors (Lipinski definition) is 2. The van der Waals surface area contributed by atoms with Crippen LogP contribution in [0.15, 0.2) is 30.2 Å². The van der Waals surface area contributed by atoms with Gasteiger partial charge in [-0.25, -0.2) is 4.79 Å². The van der Waals surface area contributed by atoms with Crippen molar-refractivity contribution in [3.63, 3.8) is 0 Å². The van der Waals surface area contributed by atoms with Crippen molar-refractivity contribution in [3.05, 3.63) is 35.8 Å². The Kier molecular flexibility index (Phi) is 3.56. The molecule has 0 atom stereocenters. The van der Waals surface area contributed by atoms with Gasteiger partial charge in [0.05, 0.1) is 0 Å². The molecule has 1 rings (SSSR count). The number of aromatic nitrogens is 1. The van der Waals surface area contributed by atoms with Gasteiger partial charge in [0.25, 0.3) is 0 Å². The van der Waals surface area contributed by atoms with Crippen LogP contribution in [0.2, 0.25) is 0 Å². The Bertz CT molecular complexity index is 398. The Balaban J connectivity index is 2.94. The first kappa shape index (κ1) is 10.9. The second-order valence-electron chi connectivity index (χ2n) is 2.83. The van der Waals surface area contributed by atoms with Crippen LogP contribution < -0.4 is 5.32 Å². The summed E-state index contributed by atoms with van der Waals surface area (Å²) >= 11 is 0. The maximum absolute atomic E-state index is 10.7. The number of nitrogens with zero attached hydrogens (tertiary/aromatic N) is 1. The molecular formula is C10H10N2O3. The Labute approximate surface area is 86.5 Å². The molecule has 0 aromatic carbocycles. The van der Waals surface area contributed by atoms with Crippen molar-refractivity contribution in [1.29, 1.82) is 0 Å². The van der Waals surface area contributed by atoms with Crippen LogP contribution in [-0.4, -0.2) is 22.0 Å². The molecule has 0 fully saturated rings. The van der Waals surface area contributed by atoms with Crippen molar-refractivity contribution in [2.75, 3.05) is 0 Å². The molecule has 1 aromatic heterocycles. The number of carbonyl (C=O) groups excluding carboxylic acids is 1. The average molecular weight is 206 g/mol. The van der Waals surface area contributed by atoms with Gasteiger partial charge in [-0.05, 0) is 17.7 Å². The average Bonchev–Trinajstić information content (AvgIpc) is 2.17. The zero-order valence-corrected chi connectivity index (χ0v) is 8.10. The molecule has 5 heteroatoms. The predicted octanol–water partition coefficient (Wildman–Crippen LogP) is 0.643. The minimum Gasteiger partial charge on any atom is -0.477 e. The molecule has 0 saturated carbocycles. The van der Waals surface area contributed by atoms with E-state index in [1.54, 1.807) is 18.3 Å². The lowest BCUT2D eigenvalue weighted by Crippen LogP contribution is -2.24. The van der Waals surface area contributed by atoms with Gasteiger partial charge in [0.2, 0.25) is 5.91 Å². The minimum atomic E-state index is -1.19. The Morgan fingerprint density at radius 2 is 2.27 bits per heavy atom. The number of nitrogens with one attached hydrogen (secondary N) is 1. The van der Waals surface area contributed by atoms with Gasteiger partial charge in [-0.15, -0.1) is 0 Å². The molecule has 1 heterocycles. The van der Waals surface area contributed by atoms with E-state index in [0.717, 1.165) is 0 Å². The summed E-state index contributed by atoms with van der Waals surface area (Å²) in [5.74, 6) is -1.61. The highest BCUT2D eigenvalue weighted by Crippen LogP contribution is 2.03.